The number of benzene rings is 1. The van der Waals surface area contributed by atoms with Crippen molar-refractivity contribution in [2.75, 3.05) is 31.9 Å². The zero-order valence-corrected chi connectivity index (χ0v) is 14.7. The van der Waals surface area contributed by atoms with E-state index in [-0.39, 0.29) is 11.6 Å². The van der Waals surface area contributed by atoms with Crippen LogP contribution < -0.4 is 5.32 Å². The van der Waals surface area contributed by atoms with Gasteiger partial charge < -0.3 is 10.2 Å². The minimum Gasteiger partial charge on any atom is -0.355 e. The largest absolute Gasteiger partial charge is 0.355 e. The number of rotatable bonds is 8. The molecule has 0 atom stereocenters. The molecule has 0 radical (unpaired) electrons. The number of nitrogens with zero attached hydrogens (tertiary/aromatic N) is 2. The number of hydrogen-bond acceptors (Lipinski definition) is 5. The van der Waals surface area contributed by atoms with Crippen molar-refractivity contribution >= 4 is 23.4 Å². The molecule has 1 aliphatic heterocycles. The summed E-state index contributed by atoms with van der Waals surface area (Å²) < 4.78 is 0. The highest BCUT2D eigenvalue weighted by Gasteiger charge is 2.09. The summed E-state index contributed by atoms with van der Waals surface area (Å²) in [4.78, 5) is 25.4. The maximum atomic E-state index is 11.8. The number of carbonyl (C=O) groups is 1. The molecule has 0 saturated carbocycles. The number of carbonyl (C=O) groups excluding carboxylic acids is 1. The molecule has 0 unspecified atom stereocenters. The topological polar surface area (TPSA) is 75.5 Å². The third kappa shape index (κ3) is 6.88. The Hall–Kier alpha value is -1.60. The highest BCUT2D eigenvalue weighted by molar-refractivity contribution is 8.00. The van der Waals surface area contributed by atoms with Crippen molar-refractivity contribution in [3.63, 3.8) is 0 Å². The standard InChI is InChI=1S/C17H25N3O3S/c21-17(14-24-16-8-6-15(7-9-16)20(22)23)18-10-5-13-19-11-3-1-2-4-12-19/h6-9H,1-5,10-14H2,(H,18,21). The molecule has 1 aliphatic rings. The van der Waals surface area contributed by atoms with E-state index < -0.39 is 4.92 Å². The van der Waals surface area contributed by atoms with E-state index in [9.17, 15) is 14.9 Å². The van der Waals surface area contributed by atoms with E-state index in [1.165, 1.54) is 62.7 Å². The summed E-state index contributed by atoms with van der Waals surface area (Å²) in [5.74, 6) is 0.343. The van der Waals surface area contributed by atoms with Gasteiger partial charge in [-0.05, 0) is 51.0 Å². The molecule has 0 aliphatic carbocycles. The minimum absolute atomic E-state index is 0.00854. The van der Waals surface area contributed by atoms with E-state index in [1.54, 1.807) is 12.1 Å². The summed E-state index contributed by atoms with van der Waals surface area (Å²) in [6, 6.07) is 6.27. The van der Waals surface area contributed by atoms with Gasteiger partial charge in [-0.3, -0.25) is 14.9 Å². The average Bonchev–Trinajstić information content (AvgIpc) is 2.86. The summed E-state index contributed by atoms with van der Waals surface area (Å²) >= 11 is 1.39. The number of non-ortho nitro benzene ring substituents is 1. The second-order valence-electron chi connectivity index (χ2n) is 6.00. The lowest BCUT2D eigenvalue weighted by atomic mass is 10.2. The number of nitro groups is 1. The molecule has 1 aromatic carbocycles. The fourth-order valence-corrected chi connectivity index (χ4v) is 3.48. The van der Waals surface area contributed by atoms with Crippen molar-refractivity contribution in [2.45, 2.75) is 37.0 Å². The third-order valence-corrected chi connectivity index (χ3v) is 5.10. The van der Waals surface area contributed by atoms with E-state index in [0.29, 0.717) is 12.3 Å². The Labute approximate surface area is 147 Å². The number of thioether (sulfide) groups is 1. The van der Waals surface area contributed by atoms with Gasteiger partial charge in [-0.2, -0.15) is 0 Å². The fraction of sp³-hybridized carbons (Fsp3) is 0.588. The first-order chi connectivity index (χ1) is 11.6. The highest BCUT2D eigenvalue weighted by Crippen LogP contribution is 2.21. The Kier molecular flexibility index (Phi) is 8.04. The molecule has 1 saturated heterocycles. The molecule has 0 bridgehead atoms. The van der Waals surface area contributed by atoms with Gasteiger partial charge in [0.2, 0.25) is 5.91 Å². The first-order valence-corrected chi connectivity index (χ1v) is 9.50. The average molecular weight is 351 g/mol. The fourth-order valence-electron chi connectivity index (χ4n) is 2.75. The molecule has 1 heterocycles. The molecule has 1 N–H and O–H groups in total. The van der Waals surface area contributed by atoms with Crippen LogP contribution in [0.5, 0.6) is 0 Å². The van der Waals surface area contributed by atoms with Crippen LogP contribution in [-0.4, -0.2) is 47.7 Å². The molecule has 1 fully saturated rings. The monoisotopic (exact) mass is 351 g/mol. The summed E-state index contributed by atoms with van der Waals surface area (Å²) in [7, 11) is 0. The third-order valence-electron chi connectivity index (χ3n) is 4.09. The van der Waals surface area contributed by atoms with Gasteiger partial charge in [-0.1, -0.05) is 12.8 Å². The summed E-state index contributed by atoms with van der Waals surface area (Å²) in [6.07, 6.45) is 6.24. The Morgan fingerprint density at radius 2 is 1.83 bits per heavy atom. The second kappa shape index (κ2) is 10.3. The maximum absolute atomic E-state index is 11.8. The zero-order valence-electron chi connectivity index (χ0n) is 13.9. The van der Waals surface area contributed by atoms with Crippen LogP contribution in [0.25, 0.3) is 0 Å². The zero-order chi connectivity index (χ0) is 17.2. The number of nitro benzene ring substituents is 1. The Bertz CT molecular complexity index is 528. The molecule has 7 heteroatoms. The van der Waals surface area contributed by atoms with Gasteiger partial charge in [-0.25, -0.2) is 0 Å². The quantitative estimate of drug-likeness (QED) is 0.337. The molecular weight excluding hydrogens is 326 g/mol. The molecule has 24 heavy (non-hydrogen) atoms. The lowest BCUT2D eigenvalue weighted by molar-refractivity contribution is -0.384. The lowest BCUT2D eigenvalue weighted by Crippen LogP contribution is -2.31. The van der Waals surface area contributed by atoms with Gasteiger partial charge in [0.05, 0.1) is 10.7 Å². The summed E-state index contributed by atoms with van der Waals surface area (Å²) in [6.45, 7) is 4.12. The van der Waals surface area contributed by atoms with Gasteiger partial charge in [0.1, 0.15) is 0 Å². The SMILES string of the molecule is O=C(CSc1ccc([N+](=O)[O-])cc1)NCCCN1CCCCCC1. The molecule has 1 aromatic rings. The van der Waals surface area contributed by atoms with Gasteiger partial charge in [0.15, 0.2) is 0 Å². The van der Waals surface area contributed by atoms with Crippen LogP contribution >= 0.6 is 11.8 Å². The van der Waals surface area contributed by atoms with E-state index in [2.05, 4.69) is 10.2 Å². The van der Waals surface area contributed by atoms with Crippen LogP contribution in [0, 0.1) is 10.1 Å². The van der Waals surface area contributed by atoms with Crippen molar-refractivity contribution in [1.82, 2.24) is 10.2 Å². The van der Waals surface area contributed by atoms with Crippen molar-refractivity contribution in [3.05, 3.63) is 34.4 Å². The summed E-state index contributed by atoms with van der Waals surface area (Å²) in [5.41, 5.74) is 0.0670. The number of likely N-dealkylation sites (tertiary alicyclic amines) is 1. The molecule has 1 amide bonds. The van der Waals surface area contributed by atoms with Gasteiger partial charge in [0, 0.05) is 23.6 Å². The molecule has 132 valence electrons. The van der Waals surface area contributed by atoms with E-state index in [0.717, 1.165) is 17.9 Å². The van der Waals surface area contributed by atoms with Crippen molar-refractivity contribution in [2.24, 2.45) is 0 Å². The Balaban J connectivity index is 1.58. The normalized spacial score (nSPS) is 15.7. The first kappa shape index (κ1) is 18.7. The van der Waals surface area contributed by atoms with Crippen LogP contribution in [0.2, 0.25) is 0 Å². The molecule has 2 rings (SSSR count). The van der Waals surface area contributed by atoms with E-state index in [4.69, 9.17) is 0 Å². The lowest BCUT2D eigenvalue weighted by Gasteiger charge is -2.19. The van der Waals surface area contributed by atoms with Crippen molar-refractivity contribution in [1.29, 1.82) is 0 Å². The highest BCUT2D eigenvalue weighted by atomic mass is 32.2. The smallest absolute Gasteiger partial charge is 0.269 e. The predicted molar refractivity (Wildman–Crippen MR) is 96.4 cm³/mol. The van der Waals surface area contributed by atoms with Crippen LogP contribution in [0.4, 0.5) is 5.69 Å². The van der Waals surface area contributed by atoms with Crippen molar-refractivity contribution in [3.8, 4) is 0 Å². The molecular formula is C17H25N3O3S. The van der Waals surface area contributed by atoms with Crippen LogP contribution in [0.1, 0.15) is 32.1 Å². The molecule has 6 nitrogen and oxygen atoms in total. The van der Waals surface area contributed by atoms with E-state index >= 15 is 0 Å². The molecule has 0 spiro atoms. The Morgan fingerprint density at radius 1 is 1.17 bits per heavy atom. The first-order valence-electron chi connectivity index (χ1n) is 8.51. The second-order valence-corrected chi connectivity index (χ2v) is 7.05. The maximum Gasteiger partial charge on any atom is 0.269 e. The number of nitrogens with one attached hydrogen (secondary N) is 1. The minimum atomic E-state index is -0.425. The van der Waals surface area contributed by atoms with Crippen LogP contribution in [0.15, 0.2) is 29.2 Å². The van der Waals surface area contributed by atoms with Crippen LogP contribution in [-0.2, 0) is 4.79 Å². The van der Waals surface area contributed by atoms with Gasteiger partial charge in [-0.15, -0.1) is 11.8 Å². The van der Waals surface area contributed by atoms with Crippen LogP contribution in [0.3, 0.4) is 0 Å². The predicted octanol–water partition coefficient (Wildman–Crippen LogP) is 3.07. The van der Waals surface area contributed by atoms with Gasteiger partial charge >= 0.3 is 0 Å². The Morgan fingerprint density at radius 3 is 2.46 bits per heavy atom. The number of hydrogen-bond donors (Lipinski definition) is 1. The summed E-state index contributed by atoms with van der Waals surface area (Å²) in [5, 5.41) is 13.5. The van der Waals surface area contributed by atoms with E-state index in [1.807, 2.05) is 0 Å². The van der Waals surface area contributed by atoms with Crippen molar-refractivity contribution < 1.29 is 9.72 Å². The van der Waals surface area contributed by atoms with Gasteiger partial charge in [0.25, 0.3) is 5.69 Å². The molecule has 0 aromatic heterocycles. The number of amides is 1.